The zero-order valence-corrected chi connectivity index (χ0v) is 18.4. The summed E-state index contributed by atoms with van der Waals surface area (Å²) in [5.74, 6) is -0.179. The number of nitrogens with zero attached hydrogens (tertiary/aromatic N) is 2. The van der Waals surface area contributed by atoms with Crippen molar-refractivity contribution >= 4 is 61.6 Å². The normalized spacial score (nSPS) is 24.1. The summed E-state index contributed by atoms with van der Waals surface area (Å²) in [4.78, 5) is 18.6. The Hall–Kier alpha value is -1.54. The van der Waals surface area contributed by atoms with Crippen molar-refractivity contribution in [1.29, 1.82) is 0 Å². The molecule has 2 aliphatic heterocycles. The molecule has 0 aromatic heterocycles. The third-order valence-electron chi connectivity index (χ3n) is 4.95. The van der Waals surface area contributed by atoms with Gasteiger partial charge in [0.1, 0.15) is 0 Å². The number of carbonyl (C=O) groups is 1. The SMILES string of the molecule is O=C(CCc1ccccc1)N=C1S[C@H]2CS(=O)(=O)C[C@@H]2N1c1cccc(Cl)c1Cl. The quantitative estimate of drug-likeness (QED) is 0.671. The Morgan fingerprint density at radius 3 is 2.62 bits per heavy atom. The number of aryl methyl sites for hydroxylation is 1. The van der Waals surface area contributed by atoms with Gasteiger partial charge in [-0.1, -0.05) is 71.4 Å². The molecule has 0 N–H and O–H groups in total. The first-order chi connectivity index (χ1) is 13.8. The van der Waals surface area contributed by atoms with Gasteiger partial charge in [-0.25, -0.2) is 8.42 Å². The maximum absolute atomic E-state index is 12.5. The van der Waals surface area contributed by atoms with Crippen molar-refractivity contribution in [2.45, 2.75) is 24.1 Å². The number of halogens is 2. The molecule has 2 aromatic carbocycles. The standard InChI is InChI=1S/C20H18Cl2N2O3S2/c21-14-7-4-8-15(19(14)22)24-16-11-29(26,27)12-17(16)28-20(24)23-18(25)10-9-13-5-2-1-3-6-13/h1-8,16-17H,9-12H2/t16-,17-/m0/s1. The Morgan fingerprint density at radius 1 is 1.10 bits per heavy atom. The van der Waals surface area contributed by atoms with Crippen LogP contribution in [0.2, 0.25) is 10.0 Å². The third-order valence-corrected chi connectivity index (χ3v) is 8.97. The zero-order chi connectivity index (χ0) is 20.6. The molecule has 2 heterocycles. The molecule has 1 amide bonds. The molecule has 2 aromatic rings. The summed E-state index contributed by atoms with van der Waals surface area (Å²) in [6.07, 6.45) is 0.874. The van der Waals surface area contributed by atoms with Gasteiger partial charge in [-0.3, -0.25) is 4.79 Å². The lowest BCUT2D eigenvalue weighted by molar-refractivity contribution is -0.117. The predicted molar refractivity (Wildman–Crippen MR) is 120 cm³/mol. The molecule has 2 atom stereocenters. The highest BCUT2D eigenvalue weighted by molar-refractivity contribution is 8.16. The van der Waals surface area contributed by atoms with Crippen molar-refractivity contribution in [1.82, 2.24) is 0 Å². The van der Waals surface area contributed by atoms with Crippen molar-refractivity contribution in [2.75, 3.05) is 16.4 Å². The summed E-state index contributed by atoms with van der Waals surface area (Å²) < 4.78 is 24.3. The highest BCUT2D eigenvalue weighted by atomic mass is 35.5. The van der Waals surface area contributed by atoms with E-state index in [9.17, 15) is 13.2 Å². The summed E-state index contributed by atoms with van der Waals surface area (Å²) >= 11 is 13.9. The van der Waals surface area contributed by atoms with Gasteiger partial charge >= 0.3 is 0 Å². The molecule has 2 aliphatic rings. The number of anilines is 1. The van der Waals surface area contributed by atoms with Crippen molar-refractivity contribution in [3.8, 4) is 0 Å². The highest BCUT2D eigenvalue weighted by Crippen LogP contribution is 2.44. The van der Waals surface area contributed by atoms with E-state index in [2.05, 4.69) is 4.99 Å². The predicted octanol–water partition coefficient (Wildman–Crippen LogP) is 4.23. The number of fused-ring (bicyclic) bond motifs is 1. The molecule has 5 nitrogen and oxygen atoms in total. The first-order valence-electron chi connectivity index (χ1n) is 9.10. The van der Waals surface area contributed by atoms with E-state index < -0.39 is 9.84 Å². The van der Waals surface area contributed by atoms with Crippen molar-refractivity contribution in [3.63, 3.8) is 0 Å². The number of hydrogen-bond acceptors (Lipinski definition) is 4. The minimum atomic E-state index is -3.15. The number of thioether (sulfide) groups is 1. The van der Waals surface area contributed by atoms with Gasteiger partial charge in [-0.15, -0.1) is 0 Å². The van der Waals surface area contributed by atoms with E-state index in [1.807, 2.05) is 30.3 Å². The Bertz CT molecular complexity index is 1070. The molecule has 0 radical (unpaired) electrons. The Kier molecular flexibility index (Phi) is 5.93. The smallest absolute Gasteiger partial charge is 0.248 e. The van der Waals surface area contributed by atoms with Gasteiger partial charge in [0, 0.05) is 11.7 Å². The molecular formula is C20H18Cl2N2O3S2. The Balaban J connectivity index is 1.62. The van der Waals surface area contributed by atoms with E-state index in [1.165, 1.54) is 11.8 Å². The van der Waals surface area contributed by atoms with Crippen molar-refractivity contribution in [2.24, 2.45) is 4.99 Å². The van der Waals surface area contributed by atoms with Crippen LogP contribution in [0.25, 0.3) is 0 Å². The Morgan fingerprint density at radius 2 is 1.86 bits per heavy atom. The van der Waals surface area contributed by atoms with Gasteiger partial charge in [0.25, 0.3) is 0 Å². The average Bonchev–Trinajstić information content (AvgIpc) is 3.14. The lowest BCUT2D eigenvalue weighted by Crippen LogP contribution is -2.38. The zero-order valence-electron chi connectivity index (χ0n) is 15.3. The maximum atomic E-state index is 12.5. The van der Waals surface area contributed by atoms with Crippen LogP contribution in [-0.2, 0) is 21.1 Å². The van der Waals surface area contributed by atoms with Gasteiger partial charge in [0.15, 0.2) is 15.0 Å². The van der Waals surface area contributed by atoms with E-state index in [0.29, 0.717) is 27.3 Å². The fourth-order valence-corrected chi connectivity index (χ4v) is 7.89. The van der Waals surface area contributed by atoms with Crippen LogP contribution >= 0.6 is 35.0 Å². The topological polar surface area (TPSA) is 66.8 Å². The summed E-state index contributed by atoms with van der Waals surface area (Å²) in [5, 5.41) is 0.991. The summed E-state index contributed by atoms with van der Waals surface area (Å²) in [5.41, 5.74) is 1.64. The molecule has 0 bridgehead atoms. The molecule has 0 spiro atoms. The molecule has 0 unspecified atom stereocenters. The van der Waals surface area contributed by atoms with Gasteiger partial charge < -0.3 is 4.90 Å². The van der Waals surface area contributed by atoms with Crippen molar-refractivity contribution in [3.05, 3.63) is 64.1 Å². The Labute approximate surface area is 184 Å². The van der Waals surface area contributed by atoms with E-state index in [1.54, 1.807) is 23.1 Å². The van der Waals surface area contributed by atoms with Crippen LogP contribution < -0.4 is 4.90 Å². The monoisotopic (exact) mass is 468 g/mol. The van der Waals surface area contributed by atoms with Gasteiger partial charge in [0.2, 0.25) is 5.91 Å². The van der Waals surface area contributed by atoms with Crippen LogP contribution in [0.3, 0.4) is 0 Å². The second-order valence-corrected chi connectivity index (χ2v) is 11.2. The van der Waals surface area contributed by atoms with Crippen LogP contribution in [0.4, 0.5) is 5.69 Å². The number of benzene rings is 2. The molecule has 0 saturated carbocycles. The van der Waals surface area contributed by atoms with Gasteiger partial charge in [0.05, 0.1) is 33.3 Å². The van der Waals surface area contributed by atoms with Gasteiger partial charge in [-0.05, 0) is 24.1 Å². The number of amidine groups is 1. The number of amides is 1. The third kappa shape index (κ3) is 4.48. The van der Waals surface area contributed by atoms with E-state index in [4.69, 9.17) is 23.2 Å². The summed E-state index contributed by atoms with van der Waals surface area (Å²) in [6.45, 7) is 0. The number of aliphatic imine (C=N–C) groups is 1. The number of carbonyl (C=O) groups excluding carboxylic acids is 1. The van der Waals surface area contributed by atoms with Gasteiger partial charge in [-0.2, -0.15) is 4.99 Å². The number of hydrogen-bond donors (Lipinski definition) is 0. The second-order valence-electron chi connectivity index (χ2n) is 7.02. The highest BCUT2D eigenvalue weighted by Gasteiger charge is 2.49. The van der Waals surface area contributed by atoms with Crippen LogP contribution in [0.1, 0.15) is 12.0 Å². The lowest BCUT2D eigenvalue weighted by atomic mass is 10.1. The summed E-state index contributed by atoms with van der Waals surface area (Å²) in [7, 11) is -3.15. The molecule has 2 fully saturated rings. The first kappa shape index (κ1) is 20.7. The molecule has 29 heavy (non-hydrogen) atoms. The van der Waals surface area contributed by atoms with Crippen LogP contribution in [0.15, 0.2) is 53.5 Å². The number of sulfone groups is 1. The van der Waals surface area contributed by atoms with Crippen LogP contribution in [0.5, 0.6) is 0 Å². The fraction of sp³-hybridized carbons (Fsp3) is 0.300. The minimum absolute atomic E-state index is 0.00470. The second kappa shape index (κ2) is 8.30. The molecule has 152 valence electrons. The van der Waals surface area contributed by atoms with E-state index in [0.717, 1.165) is 5.56 Å². The van der Waals surface area contributed by atoms with E-state index in [-0.39, 0.29) is 35.1 Å². The lowest BCUT2D eigenvalue weighted by Gasteiger charge is -2.25. The summed E-state index contributed by atoms with van der Waals surface area (Å²) in [6, 6.07) is 14.6. The molecule has 9 heteroatoms. The maximum Gasteiger partial charge on any atom is 0.248 e. The first-order valence-corrected chi connectivity index (χ1v) is 12.6. The molecule has 0 aliphatic carbocycles. The van der Waals surface area contributed by atoms with Crippen LogP contribution in [-0.4, -0.2) is 42.3 Å². The van der Waals surface area contributed by atoms with Crippen molar-refractivity contribution < 1.29 is 13.2 Å². The molecule has 2 saturated heterocycles. The minimum Gasteiger partial charge on any atom is -0.314 e. The average molecular weight is 469 g/mol. The number of rotatable bonds is 4. The largest absolute Gasteiger partial charge is 0.314 e. The molecule has 4 rings (SSSR count). The fourth-order valence-electron chi connectivity index (χ4n) is 3.58. The van der Waals surface area contributed by atoms with E-state index >= 15 is 0 Å². The molecular weight excluding hydrogens is 451 g/mol. The van der Waals surface area contributed by atoms with Crippen LogP contribution in [0, 0.1) is 0 Å².